The van der Waals surface area contributed by atoms with Gasteiger partial charge in [-0.1, -0.05) is 18.2 Å². The molecule has 1 aromatic carbocycles. The minimum absolute atomic E-state index is 0.0945. The summed E-state index contributed by atoms with van der Waals surface area (Å²) in [6.45, 7) is 2.07. The van der Waals surface area contributed by atoms with Crippen molar-refractivity contribution in [1.29, 1.82) is 0 Å². The van der Waals surface area contributed by atoms with Crippen LogP contribution < -0.4 is 5.32 Å². The molecule has 2 bridgehead atoms. The van der Waals surface area contributed by atoms with E-state index in [-0.39, 0.29) is 5.97 Å². The predicted octanol–water partition coefficient (Wildman–Crippen LogP) is 3.14. The number of fused-ring (bicyclic) bond motifs is 2. The first-order valence-electron chi connectivity index (χ1n) is 7.08. The fraction of sp³-hybridized carbons (Fsp3) is 0.562. The fourth-order valence-electron chi connectivity index (χ4n) is 3.92. The number of esters is 1. The van der Waals surface area contributed by atoms with E-state index >= 15 is 0 Å². The molecule has 0 spiro atoms. The molecule has 2 saturated carbocycles. The van der Waals surface area contributed by atoms with Crippen LogP contribution in [0.1, 0.15) is 31.2 Å². The number of para-hydroxylation sites is 1. The lowest BCUT2D eigenvalue weighted by Gasteiger charge is -2.37. The Balaban J connectivity index is 1.93. The number of methoxy groups -OCH3 is 1. The zero-order valence-electron chi connectivity index (χ0n) is 11.6. The van der Waals surface area contributed by atoms with Gasteiger partial charge in [0, 0.05) is 5.69 Å². The number of ether oxygens (including phenoxy) is 1. The summed E-state index contributed by atoms with van der Waals surface area (Å²) in [7, 11) is 1.50. The molecule has 0 amide bonds. The normalized spacial score (nSPS) is 32.3. The van der Waals surface area contributed by atoms with Crippen LogP contribution in [0.4, 0.5) is 5.69 Å². The lowest BCUT2D eigenvalue weighted by molar-refractivity contribution is -0.148. The highest BCUT2D eigenvalue weighted by atomic mass is 16.5. The topological polar surface area (TPSA) is 38.3 Å². The van der Waals surface area contributed by atoms with Gasteiger partial charge in [0.1, 0.15) is 5.54 Å². The number of carbonyl (C=O) groups is 1. The number of hydrogen-bond acceptors (Lipinski definition) is 3. The molecule has 0 saturated heterocycles. The summed E-state index contributed by atoms with van der Waals surface area (Å²) in [4.78, 5) is 12.4. The third-order valence-electron chi connectivity index (χ3n) is 4.90. The van der Waals surface area contributed by atoms with E-state index in [0.29, 0.717) is 11.8 Å². The molecular weight excluding hydrogens is 238 g/mol. The van der Waals surface area contributed by atoms with Gasteiger partial charge in [0.15, 0.2) is 0 Å². The van der Waals surface area contributed by atoms with Crippen molar-refractivity contribution in [2.24, 2.45) is 11.8 Å². The minimum atomic E-state index is -0.496. The van der Waals surface area contributed by atoms with E-state index < -0.39 is 5.54 Å². The maximum Gasteiger partial charge on any atom is 0.331 e. The van der Waals surface area contributed by atoms with Gasteiger partial charge in [0.2, 0.25) is 0 Å². The van der Waals surface area contributed by atoms with Gasteiger partial charge in [-0.15, -0.1) is 0 Å². The van der Waals surface area contributed by atoms with Crippen molar-refractivity contribution in [3.05, 3.63) is 29.8 Å². The van der Waals surface area contributed by atoms with E-state index in [0.717, 1.165) is 24.9 Å². The van der Waals surface area contributed by atoms with Gasteiger partial charge in [-0.3, -0.25) is 0 Å². The van der Waals surface area contributed by atoms with Crippen LogP contribution in [0.25, 0.3) is 0 Å². The largest absolute Gasteiger partial charge is 0.467 e. The zero-order valence-corrected chi connectivity index (χ0v) is 11.6. The van der Waals surface area contributed by atoms with Crippen molar-refractivity contribution in [2.45, 2.75) is 38.1 Å². The van der Waals surface area contributed by atoms with Crippen LogP contribution >= 0.6 is 0 Å². The van der Waals surface area contributed by atoms with Crippen molar-refractivity contribution in [2.75, 3.05) is 12.4 Å². The summed E-state index contributed by atoms with van der Waals surface area (Å²) >= 11 is 0. The van der Waals surface area contributed by atoms with Crippen molar-refractivity contribution < 1.29 is 9.53 Å². The van der Waals surface area contributed by atoms with Crippen LogP contribution in [-0.4, -0.2) is 18.6 Å². The van der Waals surface area contributed by atoms with Crippen molar-refractivity contribution in [1.82, 2.24) is 0 Å². The van der Waals surface area contributed by atoms with Gasteiger partial charge >= 0.3 is 5.97 Å². The molecule has 3 heteroatoms. The van der Waals surface area contributed by atoms with E-state index in [9.17, 15) is 4.79 Å². The summed E-state index contributed by atoms with van der Waals surface area (Å²) in [5, 5.41) is 3.53. The Kier molecular flexibility index (Phi) is 3.00. The number of aryl methyl sites for hydroxylation is 1. The monoisotopic (exact) mass is 259 g/mol. The summed E-state index contributed by atoms with van der Waals surface area (Å²) < 4.78 is 5.10. The molecule has 102 valence electrons. The van der Waals surface area contributed by atoms with Gasteiger partial charge in [-0.2, -0.15) is 0 Å². The highest BCUT2D eigenvalue weighted by Gasteiger charge is 2.56. The Morgan fingerprint density at radius 1 is 1.37 bits per heavy atom. The second kappa shape index (κ2) is 4.55. The molecule has 3 rings (SSSR count). The maximum atomic E-state index is 12.4. The van der Waals surface area contributed by atoms with Crippen molar-refractivity contribution in [3.63, 3.8) is 0 Å². The summed E-state index contributed by atoms with van der Waals surface area (Å²) in [5.41, 5.74) is 1.73. The van der Waals surface area contributed by atoms with Crippen LogP contribution in [0.15, 0.2) is 24.3 Å². The molecule has 0 aliphatic heterocycles. The molecule has 2 aliphatic rings. The van der Waals surface area contributed by atoms with E-state index in [4.69, 9.17) is 4.74 Å². The summed E-state index contributed by atoms with van der Waals surface area (Å²) in [6, 6.07) is 8.15. The van der Waals surface area contributed by atoms with Gasteiger partial charge in [-0.25, -0.2) is 4.79 Å². The highest BCUT2D eigenvalue weighted by Crippen LogP contribution is 2.52. The van der Waals surface area contributed by atoms with Gasteiger partial charge in [0.25, 0.3) is 0 Å². The molecule has 3 nitrogen and oxygen atoms in total. The molecule has 1 aromatic rings. The van der Waals surface area contributed by atoms with Crippen LogP contribution in [0.3, 0.4) is 0 Å². The first-order chi connectivity index (χ1) is 9.15. The Morgan fingerprint density at radius 3 is 2.74 bits per heavy atom. The first-order valence-corrected chi connectivity index (χ1v) is 7.08. The molecule has 0 radical (unpaired) electrons. The van der Waals surface area contributed by atoms with E-state index in [1.807, 2.05) is 18.2 Å². The smallest absolute Gasteiger partial charge is 0.331 e. The first kappa shape index (κ1) is 12.5. The van der Waals surface area contributed by atoms with Crippen LogP contribution in [0, 0.1) is 18.8 Å². The van der Waals surface area contributed by atoms with Crippen LogP contribution in [0.5, 0.6) is 0 Å². The van der Waals surface area contributed by atoms with E-state index in [1.54, 1.807) is 0 Å². The number of rotatable bonds is 3. The summed E-state index contributed by atoms with van der Waals surface area (Å²) in [6.07, 6.45) is 4.48. The molecule has 19 heavy (non-hydrogen) atoms. The Morgan fingerprint density at radius 2 is 2.16 bits per heavy atom. The minimum Gasteiger partial charge on any atom is -0.467 e. The standard InChI is InChI=1S/C16H21NO2/c1-11-5-3-4-6-14(11)17-16(15(18)19-2)10-12-7-8-13(16)9-12/h3-6,12-13,17H,7-10H2,1-2H3. The van der Waals surface area contributed by atoms with Crippen molar-refractivity contribution >= 4 is 11.7 Å². The second-order valence-electron chi connectivity index (χ2n) is 5.98. The second-order valence-corrected chi connectivity index (χ2v) is 5.98. The third-order valence-corrected chi connectivity index (χ3v) is 4.90. The van der Waals surface area contributed by atoms with E-state index in [1.165, 1.54) is 19.1 Å². The molecule has 2 aliphatic carbocycles. The number of carbonyl (C=O) groups excluding carboxylic acids is 1. The molecular formula is C16H21NO2. The number of benzene rings is 1. The maximum absolute atomic E-state index is 12.4. The lowest BCUT2D eigenvalue weighted by atomic mass is 9.80. The van der Waals surface area contributed by atoms with Gasteiger partial charge in [0.05, 0.1) is 7.11 Å². The molecule has 1 N–H and O–H groups in total. The number of anilines is 1. The molecule has 0 heterocycles. The molecule has 0 aromatic heterocycles. The quantitative estimate of drug-likeness (QED) is 0.847. The Labute approximate surface area is 114 Å². The van der Waals surface area contributed by atoms with Crippen molar-refractivity contribution in [3.8, 4) is 0 Å². The number of hydrogen-bond donors (Lipinski definition) is 1. The SMILES string of the molecule is COC(=O)C1(Nc2ccccc2C)CC2CCC1C2. The third kappa shape index (κ3) is 1.92. The average molecular weight is 259 g/mol. The summed E-state index contributed by atoms with van der Waals surface area (Å²) in [5.74, 6) is 1.01. The average Bonchev–Trinajstić information content (AvgIpc) is 3.01. The molecule has 2 fully saturated rings. The molecule has 3 atom stereocenters. The predicted molar refractivity (Wildman–Crippen MR) is 75.0 cm³/mol. The van der Waals surface area contributed by atoms with Gasteiger partial charge < -0.3 is 10.1 Å². The zero-order chi connectivity index (χ0) is 13.5. The number of nitrogens with one attached hydrogen (secondary N) is 1. The van der Waals surface area contributed by atoms with Gasteiger partial charge in [-0.05, 0) is 56.1 Å². The molecule has 3 unspecified atom stereocenters. The highest BCUT2D eigenvalue weighted by molar-refractivity contribution is 5.86. The fourth-order valence-corrected chi connectivity index (χ4v) is 3.92. The van der Waals surface area contributed by atoms with E-state index in [2.05, 4.69) is 18.3 Å². The van der Waals surface area contributed by atoms with Crippen LogP contribution in [-0.2, 0) is 9.53 Å². The van der Waals surface area contributed by atoms with Crippen LogP contribution in [0.2, 0.25) is 0 Å². The lowest BCUT2D eigenvalue weighted by Crippen LogP contribution is -2.51. The Hall–Kier alpha value is -1.51. The Bertz CT molecular complexity index is 499.